The summed E-state index contributed by atoms with van der Waals surface area (Å²) in [5, 5.41) is 3.73. The van der Waals surface area contributed by atoms with Gasteiger partial charge in [0.2, 0.25) is 5.89 Å². The fraction of sp³-hybridized carbons (Fsp3) is 0.0645. The zero-order chi connectivity index (χ0) is 25.5. The van der Waals surface area contributed by atoms with Crippen molar-refractivity contribution in [3.05, 3.63) is 118 Å². The molecule has 0 saturated heterocycles. The molecule has 0 saturated carbocycles. The Morgan fingerprint density at radius 3 is 2.41 bits per heavy atom. The highest BCUT2D eigenvalue weighted by molar-refractivity contribution is 6.05. The molecule has 4 aromatic carbocycles. The molecule has 2 aromatic heterocycles. The van der Waals surface area contributed by atoms with Gasteiger partial charge in [0.25, 0.3) is 5.91 Å². The predicted molar refractivity (Wildman–Crippen MR) is 145 cm³/mol. The Bertz CT molecular complexity index is 1860. The summed E-state index contributed by atoms with van der Waals surface area (Å²) >= 11 is 0. The SMILES string of the molecule is Cc1cc(C)cc(-c2nc3cc(NC(=O)c4cccc(-c5cc6ccccc6oc5=O)c4)ccc3o2)c1. The fourth-order valence-electron chi connectivity index (χ4n) is 4.52. The number of fused-ring (bicyclic) bond motifs is 2. The van der Waals surface area contributed by atoms with Gasteiger partial charge < -0.3 is 14.2 Å². The van der Waals surface area contributed by atoms with Gasteiger partial charge in [0.15, 0.2) is 5.58 Å². The first-order valence-electron chi connectivity index (χ1n) is 11.9. The van der Waals surface area contributed by atoms with Crippen LogP contribution in [0, 0.1) is 13.8 Å². The van der Waals surface area contributed by atoms with E-state index in [1.807, 2.05) is 44.2 Å². The van der Waals surface area contributed by atoms with Crippen LogP contribution in [-0.4, -0.2) is 10.9 Å². The number of para-hydroxylation sites is 1. The first kappa shape index (κ1) is 22.5. The Balaban J connectivity index is 1.28. The molecule has 0 radical (unpaired) electrons. The van der Waals surface area contributed by atoms with Gasteiger partial charge in [-0.25, -0.2) is 9.78 Å². The Morgan fingerprint density at radius 1 is 0.757 bits per heavy atom. The molecule has 6 nitrogen and oxygen atoms in total. The summed E-state index contributed by atoms with van der Waals surface area (Å²) in [7, 11) is 0. The lowest BCUT2D eigenvalue weighted by Gasteiger charge is -2.07. The average molecular weight is 487 g/mol. The number of rotatable bonds is 4. The minimum Gasteiger partial charge on any atom is -0.436 e. The van der Waals surface area contributed by atoms with E-state index in [0.717, 1.165) is 22.1 Å². The maximum Gasteiger partial charge on any atom is 0.344 e. The van der Waals surface area contributed by atoms with Crippen molar-refractivity contribution in [1.82, 2.24) is 4.98 Å². The molecule has 37 heavy (non-hydrogen) atoms. The molecule has 0 unspecified atom stereocenters. The highest BCUT2D eigenvalue weighted by Gasteiger charge is 2.14. The van der Waals surface area contributed by atoms with Gasteiger partial charge >= 0.3 is 5.63 Å². The van der Waals surface area contributed by atoms with E-state index in [1.54, 1.807) is 54.6 Å². The van der Waals surface area contributed by atoms with Crippen molar-refractivity contribution in [1.29, 1.82) is 0 Å². The summed E-state index contributed by atoms with van der Waals surface area (Å²) < 4.78 is 11.4. The Labute approximate surface area is 212 Å². The molecule has 0 spiro atoms. The van der Waals surface area contributed by atoms with Crippen LogP contribution in [-0.2, 0) is 0 Å². The van der Waals surface area contributed by atoms with Gasteiger partial charge in [0.05, 0.1) is 5.56 Å². The smallest absolute Gasteiger partial charge is 0.344 e. The first-order valence-corrected chi connectivity index (χ1v) is 11.9. The topological polar surface area (TPSA) is 85.3 Å². The molecule has 0 aliphatic carbocycles. The molecule has 0 atom stereocenters. The molecule has 6 aromatic rings. The summed E-state index contributed by atoms with van der Waals surface area (Å²) in [6.07, 6.45) is 0. The summed E-state index contributed by atoms with van der Waals surface area (Å²) in [5.74, 6) is 0.233. The zero-order valence-electron chi connectivity index (χ0n) is 20.2. The number of nitrogens with one attached hydrogen (secondary N) is 1. The van der Waals surface area contributed by atoms with Crippen molar-refractivity contribution < 1.29 is 13.6 Å². The molecule has 0 aliphatic rings. The van der Waals surface area contributed by atoms with Crippen LogP contribution in [0.15, 0.2) is 105 Å². The third-order valence-corrected chi connectivity index (χ3v) is 6.19. The van der Waals surface area contributed by atoms with Crippen molar-refractivity contribution in [2.75, 3.05) is 5.32 Å². The number of benzene rings is 4. The first-order chi connectivity index (χ1) is 17.9. The number of hydrogen-bond donors (Lipinski definition) is 1. The van der Waals surface area contributed by atoms with E-state index in [2.05, 4.69) is 16.4 Å². The van der Waals surface area contributed by atoms with Crippen LogP contribution in [0.2, 0.25) is 0 Å². The average Bonchev–Trinajstić information content (AvgIpc) is 3.31. The van der Waals surface area contributed by atoms with Crippen molar-refractivity contribution in [2.24, 2.45) is 0 Å². The molecule has 6 rings (SSSR count). The van der Waals surface area contributed by atoms with Gasteiger partial charge in [0.1, 0.15) is 11.1 Å². The van der Waals surface area contributed by atoms with Crippen molar-refractivity contribution in [2.45, 2.75) is 13.8 Å². The number of amides is 1. The van der Waals surface area contributed by atoms with Gasteiger partial charge in [-0.05, 0) is 74.0 Å². The minimum atomic E-state index is -0.452. The van der Waals surface area contributed by atoms with Crippen LogP contribution in [0.5, 0.6) is 0 Å². The number of anilines is 1. The minimum absolute atomic E-state index is 0.301. The van der Waals surface area contributed by atoms with Crippen molar-refractivity contribution in [3.63, 3.8) is 0 Å². The van der Waals surface area contributed by atoms with Crippen LogP contribution in [0.25, 0.3) is 44.7 Å². The number of aromatic nitrogens is 1. The van der Waals surface area contributed by atoms with Crippen LogP contribution >= 0.6 is 0 Å². The predicted octanol–water partition coefficient (Wildman–Crippen LogP) is 7.14. The van der Waals surface area contributed by atoms with E-state index in [4.69, 9.17) is 8.83 Å². The second-order valence-corrected chi connectivity index (χ2v) is 9.10. The molecule has 1 amide bonds. The normalized spacial score (nSPS) is 11.2. The van der Waals surface area contributed by atoms with Gasteiger partial charge in [-0.3, -0.25) is 4.79 Å². The van der Waals surface area contributed by atoms with Crippen molar-refractivity contribution in [3.8, 4) is 22.6 Å². The van der Waals surface area contributed by atoms with Crippen LogP contribution in [0.3, 0.4) is 0 Å². The number of aryl methyl sites for hydroxylation is 2. The van der Waals surface area contributed by atoms with Crippen LogP contribution < -0.4 is 10.9 Å². The standard InChI is InChI=1S/C31H22N2O4/c1-18-12-19(2)14-23(13-18)30-33-26-17-24(10-11-28(26)36-30)32-29(34)22-8-5-7-20(15-22)25-16-21-6-3-4-9-27(21)37-31(25)35/h3-17H,1-2H3,(H,32,34). The van der Waals surface area contributed by atoms with E-state index in [9.17, 15) is 9.59 Å². The van der Waals surface area contributed by atoms with E-state index in [-0.39, 0.29) is 5.91 Å². The molecular weight excluding hydrogens is 464 g/mol. The highest BCUT2D eigenvalue weighted by atomic mass is 16.4. The third-order valence-electron chi connectivity index (χ3n) is 6.19. The maximum absolute atomic E-state index is 13.1. The molecule has 1 N–H and O–H groups in total. The molecule has 6 heteroatoms. The second-order valence-electron chi connectivity index (χ2n) is 9.10. The Kier molecular flexibility index (Phi) is 5.42. The van der Waals surface area contributed by atoms with Gasteiger partial charge in [-0.2, -0.15) is 0 Å². The Morgan fingerprint density at radius 2 is 1.57 bits per heavy atom. The number of oxazole rings is 1. The summed E-state index contributed by atoms with van der Waals surface area (Å²) in [6.45, 7) is 4.07. The molecule has 0 aliphatic heterocycles. The summed E-state index contributed by atoms with van der Waals surface area (Å²) in [4.78, 5) is 30.3. The number of nitrogens with zero attached hydrogens (tertiary/aromatic N) is 1. The molecule has 0 fully saturated rings. The highest BCUT2D eigenvalue weighted by Crippen LogP contribution is 2.28. The fourth-order valence-corrected chi connectivity index (χ4v) is 4.52. The number of carbonyl (C=O) groups excluding carboxylic acids is 1. The second kappa shape index (κ2) is 8.91. The summed E-state index contributed by atoms with van der Waals surface area (Å²) in [5.41, 5.74) is 6.55. The van der Waals surface area contributed by atoms with Gasteiger partial charge in [-0.15, -0.1) is 0 Å². The Hall–Kier alpha value is -4.97. The van der Waals surface area contributed by atoms with E-state index < -0.39 is 5.63 Å². The summed E-state index contributed by atoms with van der Waals surface area (Å²) in [6, 6.07) is 27.5. The molecule has 2 heterocycles. The lowest BCUT2D eigenvalue weighted by atomic mass is 10.0. The maximum atomic E-state index is 13.1. The largest absolute Gasteiger partial charge is 0.436 e. The van der Waals surface area contributed by atoms with E-state index in [1.165, 1.54) is 0 Å². The quantitative estimate of drug-likeness (QED) is 0.268. The molecule has 0 bridgehead atoms. The third kappa shape index (κ3) is 4.41. The van der Waals surface area contributed by atoms with Gasteiger partial charge in [-0.1, -0.05) is 47.5 Å². The lowest BCUT2D eigenvalue weighted by molar-refractivity contribution is 0.102. The molecule has 180 valence electrons. The monoisotopic (exact) mass is 486 g/mol. The van der Waals surface area contributed by atoms with Crippen molar-refractivity contribution >= 4 is 33.7 Å². The van der Waals surface area contributed by atoms with E-state index in [0.29, 0.717) is 45.0 Å². The van der Waals surface area contributed by atoms with Crippen LogP contribution in [0.1, 0.15) is 21.5 Å². The van der Waals surface area contributed by atoms with Crippen LogP contribution in [0.4, 0.5) is 5.69 Å². The van der Waals surface area contributed by atoms with E-state index >= 15 is 0 Å². The number of hydrogen-bond acceptors (Lipinski definition) is 5. The molecular formula is C31H22N2O4. The lowest BCUT2D eigenvalue weighted by Crippen LogP contribution is -2.12. The zero-order valence-corrected chi connectivity index (χ0v) is 20.2. The van der Waals surface area contributed by atoms with Gasteiger partial charge in [0, 0.05) is 22.2 Å². The number of carbonyl (C=O) groups is 1.